The van der Waals surface area contributed by atoms with Crippen LogP contribution in [0.4, 0.5) is 0 Å². The molecule has 3 heteroatoms. The van der Waals surface area contributed by atoms with E-state index < -0.39 is 0 Å². The molecule has 130 valence electrons. The molecule has 0 aliphatic carbocycles. The molecular formula is C22H26N2O. The Morgan fingerprint density at radius 2 is 1.52 bits per heavy atom. The Morgan fingerprint density at radius 1 is 0.880 bits per heavy atom. The lowest BCUT2D eigenvalue weighted by Gasteiger charge is -2.13. The largest absolute Gasteiger partial charge is 0.497 e. The van der Waals surface area contributed by atoms with Crippen molar-refractivity contribution in [1.29, 1.82) is 0 Å². The van der Waals surface area contributed by atoms with E-state index in [1.165, 1.54) is 28.0 Å². The molecule has 25 heavy (non-hydrogen) atoms. The summed E-state index contributed by atoms with van der Waals surface area (Å²) in [5, 5.41) is 0. The zero-order valence-electron chi connectivity index (χ0n) is 16.2. The summed E-state index contributed by atoms with van der Waals surface area (Å²) in [6, 6.07) is 8.23. The average Bonchev–Trinajstić information content (AvgIpc) is 3.01. The summed E-state index contributed by atoms with van der Waals surface area (Å²) >= 11 is 0. The third kappa shape index (κ3) is 2.84. The van der Waals surface area contributed by atoms with E-state index in [0.717, 1.165) is 34.0 Å². The first-order valence-corrected chi connectivity index (χ1v) is 8.63. The van der Waals surface area contributed by atoms with Gasteiger partial charge in [0.05, 0.1) is 18.5 Å². The van der Waals surface area contributed by atoms with Crippen LogP contribution in [0.1, 0.15) is 48.8 Å². The Bertz CT molecular complexity index is 922. The third-order valence-electron chi connectivity index (χ3n) is 5.42. The Hall–Kier alpha value is -2.55. The van der Waals surface area contributed by atoms with Crippen LogP contribution in [0.15, 0.2) is 46.1 Å². The maximum absolute atomic E-state index is 5.32. The molecule has 3 nitrogen and oxygen atoms in total. The lowest BCUT2D eigenvalue weighted by atomic mass is 9.94. The molecule has 0 saturated carbocycles. The van der Waals surface area contributed by atoms with Gasteiger partial charge < -0.3 is 9.72 Å². The molecule has 1 aromatic heterocycles. The number of hydrogen-bond donors (Lipinski definition) is 1. The van der Waals surface area contributed by atoms with E-state index in [9.17, 15) is 0 Å². The van der Waals surface area contributed by atoms with Gasteiger partial charge in [0.1, 0.15) is 5.75 Å². The third-order valence-corrected chi connectivity index (χ3v) is 5.42. The fraction of sp³-hybridized carbons (Fsp3) is 0.318. The van der Waals surface area contributed by atoms with Crippen LogP contribution in [0.2, 0.25) is 0 Å². The van der Waals surface area contributed by atoms with Crippen LogP contribution in [0, 0.1) is 20.8 Å². The van der Waals surface area contributed by atoms with E-state index in [1.54, 1.807) is 7.11 Å². The summed E-state index contributed by atoms with van der Waals surface area (Å²) in [5.74, 6) is 0.859. The second kappa shape index (κ2) is 6.40. The van der Waals surface area contributed by atoms with E-state index in [-0.39, 0.29) is 0 Å². The molecule has 0 bridgehead atoms. The maximum Gasteiger partial charge on any atom is 0.118 e. The van der Waals surface area contributed by atoms with E-state index in [2.05, 4.69) is 58.7 Å². The van der Waals surface area contributed by atoms with Gasteiger partial charge in [-0.25, -0.2) is 0 Å². The van der Waals surface area contributed by atoms with Crippen molar-refractivity contribution in [2.45, 2.75) is 41.5 Å². The van der Waals surface area contributed by atoms with Gasteiger partial charge in [-0.3, -0.25) is 4.99 Å². The van der Waals surface area contributed by atoms with Gasteiger partial charge >= 0.3 is 0 Å². The minimum atomic E-state index is 0.859. The van der Waals surface area contributed by atoms with E-state index in [0.29, 0.717) is 0 Å². The summed E-state index contributed by atoms with van der Waals surface area (Å²) in [5.41, 5.74) is 11.9. The highest BCUT2D eigenvalue weighted by Crippen LogP contribution is 2.38. The zero-order valence-corrected chi connectivity index (χ0v) is 16.2. The first-order valence-electron chi connectivity index (χ1n) is 8.63. The quantitative estimate of drug-likeness (QED) is 0.788. The average molecular weight is 334 g/mol. The minimum Gasteiger partial charge on any atom is -0.497 e. The first kappa shape index (κ1) is 17.3. The van der Waals surface area contributed by atoms with Crippen molar-refractivity contribution < 1.29 is 4.74 Å². The Labute approximate surface area is 150 Å². The van der Waals surface area contributed by atoms with Gasteiger partial charge in [-0.2, -0.15) is 0 Å². The molecular weight excluding hydrogens is 308 g/mol. The molecule has 3 rings (SSSR count). The SMILES string of the molecule is COc1ccc(/C(=C2/N=C(C)C(C)=C2C)c2[nH]c(C)c(C)c2C)cc1. The molecule has 0 radical (unpaired) electrons. The predicted molar refractivity (Wildman–Crippen MR) is 106 cm³/mol. The summed E-state index contributed by atoms with van der Waals surface area (Å²) in [6.07, 6.45) is 0. The lowest BCUT2D eigenvalue weighted by molar-refractivity contribution is 0.415. The molecule has 2 aromatic rings. The number of benzene rings is 1. The fourth-order valence-corrected chi connectivity index (χ4v) is 3.28. The topological polar surface area (TPSA) is 37.4 Å². The van der Waals surface area contributed by atoms with Crippen LogP contribution in [-0.4, -0.2) is 17.8 Å². The number of aliphatic imine (C=N–C) groups is 1. The predicted octanol–water partition coefficient (Wildman–Crippen LogP) is 5.52. The number of allylic oxidation sites excluding steroid dienone is 2. The number of nitrogens with zero attached hydrogens (tertiary/aromatic N) is 1. The number of H-pyrrole nitrogens is 1. The van der Waals surface area contributed by atoms with Crippen LogP contribution in [0.5, 0.6) is 5.75 Å². The minimum absolute atomic E-state index is 0.859. The smallest absolute Gasteiger partial charge is 0.118 e. The summed E-state index contributed by atoms with van der Waals surface area (Å²) in [6.45, 7) is 12.8. The van der Waals surface area contributed by atoms with Crippen molar-refractivity contribution in [2.24, 2.45) is 4.99 Å². The Balaban J connectivity index is 2.32. The van der Waals surface area contributed by atoms with Gasteiger partial charge in [0, 0.05) is 17.0 Å². The van der Waals surface area contributed by atoms with Gasteiger partial charge in [0.25, 0.3) is 0 Å². The van der Waals surface area contributed by atoms with Crippen LogP contribution >= 0.6 is 0 Å². The highest BCUT2D eigenvalue weighted by Gasteiger charge is 2.23. The summed E-state index contributed by atoms with van der Waals surface area (Å²) in [7, 11) is 1.69. The highest BCUT2D eigenvalue weighted by molar-refractivity contribution is 6.05. The van der Waals surface area contributed by atoms with Crippen molar-refractivity contribution in [2.75, 3.05) is 7.11 Å². The van der Waals surface area contributed by atoms with Crippen molar-refractivity contribution in [3.63, 3.8) is 0 Å². The Kier molecular flexibility index (Phi) is 4.42. The number of aromatic nitrogens is 1. The second-order valence-corrected chi connectivity index (χ2v) is 6.77. The number of aromatic amines is 1. The molecule has 1 aromatic carbocycles. The molecule has 0 unspecified atom stereocenters. The normalized spacial score (nSPS) is 16.4. The molecule has 1 aliphatic heterocycles. The molecule has 0 saturated heterocycles. The van der Waals surface area contributed by atoms with Gasteiger partial charge in [-0.1, -0.05) is 12.1 Å². The van der Waals surface area contributed by atoms with Crippen LogP contribution in [-0.2, 0) is 0 Å². The van der Waals surface area contributed by atoms with Crippen molar-refractivity contribution in [3.8, 4) is 5.75 Å². The van der Waals surface area contributed by atoms with E-state index >= 15 is 0 Å². The van der Waals surface area contributed by atoms with Gasteiger partial charge in [-0.05, 0) is 81.5 Å². The van der Waals surface area contributed by atoms with Crippen LogP contribution in [0.25, 0.3) is 5.57 Å². The molecule has 0 atom stereocenters. The first-order chi connectivity index (χ1) is 11.8. The van der Waals surface area contributed by atoms with Gasteiger partial charge in [-0.15, -0.1) is 0 Å². The van der Waals surface area contributed by atoms with Crippen molar-refractivity contribution in [3.05, 3.63) is 69.2 Å². The monoisotopic (exact) mass is 334 g/mol. The van der Waals surface area contributed by atoms with Gasteiger partial charge in [0.2, 0.25) is 0 Å². The van der Waals surface area contributed by atoms with Crippen LogP contribution in [0.3, 0.4) is 0 Å². The van der Waals surface area contributed by atoms with E-state index in [1.807, 2.05) is 12.1 Å². The lowest BCUT2D eigenvalue weighted by Crippen LogP contribution is -1.97. The highest BCUT2D eigenvalue weighted by atomic mass is 16.5. The van der Waals surface area contributed by atoms with E-state index in [4.69, 9.17) is 9.73 Å². The number of nitrogens with one attached hydrogen (secondary N) is 1. The molecule has 0 spiro atoms. The number of methoxy groups -OCH3 is 1. The number of rotatable bonds is 3. The summed E-state index contributed by atoms with van der Waals surface area (Å²) < 4.78 is 5.32. The molecule has 1 N–H and O–H groups in total. The fourth-order valence-electron chi connectivity index (χ4n) is 3.28. The molecule has 2 heterocycles. The second-order valence-electron chi connectivity index (χ2n) is 6.77. The molecule has 0 amide bonds. The number of aryl methyl sites for hydroxylation is 1. The number of hydrogen-bond acceptors (Lipinski definition) is 2. The number of ether oxygens (including phenoxy) is 1. The standard InChI is InChI=1S/C22H26N2O/c1-12-14(3)21(23-16(12)5)20(18-8-10-19(25-7)11-9-18)22-15(4)13(2)17(6)24-22/h8-11,23H,1-7H3/b22-20-. The zero-order chi connectivity index (χ0) is 18.3. The molecule has 1 aliphatic rings. The van der Waals surface area contributed by atoms with Crippen molar-refractivity contribution in [1.82, 2.24) is 4.98 Å². The van der Waals surface area contributed by atoms with Crippen LogP contribution < -0.4 is 4.74 Å². The van der Waals surface area contributed by atoms with Gasteiger partial charge in [0.15, 0.2) is 0 Å². The molecule has 0 fully saturated rings. The maximum atomic E-state index is 5.32. The summed E-state index contributed by atoms with van der Waals surface area (Å²) in [4.78, 5) is 8.48. The Morgan fingerprint density at radius 3 is 1.96 bits per heavy atom. The van der Waals surface area contributed by atoms with Crippen molar-refractivity contribution >= 4 is 11.3 Å².